The van der Waals surface area contributed by atoms with Crippen molar-refractivity contribution in [1.82, 2.24) is 5.32 Å². The molecule has 0 aromatic heterocycles. The van der Waals surface area contributed by atoms with Crippen molar-refractivity contribution in [3.63, 3.8) is 0 Å². The van der Waals surface area contributed by atoms with Crippen LogP contribution in [0.4, 0.5) is 5.69 Å². The van der Waals surface area contributed by atoms with Crippen molar-refractivity contribution in [2.75, 3.05) is 11.9 Å². The van der Waals surface area contributed by atoms with Gasteiger partial charge in [-0.15, -0.1) is 0 Å². The van der Waals surface area contributed by atoms with Gasteiger partial charge in [-0.05, 0) is 47.2 Å². The third-order valence-corrected chi connectivity index (χ3v) is 4.56. The Kier molecular flexibility index (Phi) is 7.13. The van der Waals surface area contributed by atoms with Crippen LogP contribution in [0.1, 0.15) is 61.1 Å². The third kappa shape index (κ3) is 5.93. The van der Waals surface area contributed by atoms with E-state index in [4.69, 9.17) is 5.73 Å². The summed E-state index contributed by atoms with van der Waals surface area (Å²) < 4.78 is 0. The SMILES string of the molecule is CC(C)c1ccc([C@H](NCC(=O)Nc2ccc(C(N)=O)cc2)C(C)C)cc1. The predicted molar refractivity (Wildman–Crippen MR) is 110 cm³/mol. The van der Waals surface area contributed by atoms with E-state index in [1.54, 1.807) is 24.3 Å². The van der Waals surface area contributed by atoms with Gasteiger partial charge >= 0.3 is 0 Å². The molecular formula is C22H29N3O2. The van der Waals surface area contributed by atoms with Crippen LogP contribution in [0.25, 0.3) is 0 Å². The van der Waals surface area contributed by atoms with Gasteiger partial charge in [0, 0.05) is 17.3 Å². The largest absolute Gasteiger partial charge is 0.366 e. The highest BCUT2D eigenvalue weighted by Crippen LogP contribution is 2.24. The number of hydrogen-bond donors (Lipinski definition) is 3. The number of primary amides is 1. The van der Waals surface area contributed by atoms with Gasteiger partial charge in [0.15, 0.2) is 0 Å². The number of carbonyl (C=O) groups is 2. The molecule has 144 valence electrons. The van der Waals surface area contributed by atoms with E-state index in [1.807, 2.05) is 0 Å². The second-order valence-electron chi connectivity index (χ2n) is 7.41. The maximum absolute atomic E-state index is 12.3. The Balaban J connectivity index is 1.96. The van der Waals surface area contributed by atoms with Crippen molar-refractivity contribution in [2.24, 2.45) is 11.7 Å². The summed E-state index contributed by atoms with van der Waals surface area (Å²) in [6.07, 6.45) is 0. The molecule has 2 amide bonds. The summed E-state index contributed by atoms with van der Waals surface area (Å²) in [5, 5.41) is 6.17. The fraction of sp³-hybridized carbons (Fsp3) is 0.364. The van der Waals surface area contributed by atoms with E-state index in [0.717, 1.165) is 0 Å². The maximum Gasteiger partial charge on any atom is 0.248 e. The highest BCUT2D eigenvalue weighted by Gasteiger charge is 2.17. The van der Waals surface area contributed by atoms with E-state index >= 15 is 0 Å². The average Bonchev–Trinajstić information content (AvgIpc) is 2.62. The molecule has 0 saturated carbocycles. The molecule has 0 saturated heterocycles. The van der Waals surface area contributed by atoms with Crippen LogP contribution in [0.15, 0.2) is 48.5 Å². The van der Waals surface area contributed by atoms with E-state index in [2.05, 4.69) is 62.6 Å². The Hall–Kier alpha value is -2.66. The number of benzene rings is 2. The highest BCUT2D eigenvalue weighted by atomic mass is 16.2. The molecule has 1 atom stereocenters. The number of nitrogens with two attached hydrogens (primary N) is 1. The van der Waals surface area contributed by atoms with Crippen LogP contribution < -0.4 is 16.4 Å². The molecule has 5 heteroatoms. The molecule has 0 aliphatic heterocycles. The first kappa shape index (κ1) is 20.6. The Morgan fingerprint density at radius 3 is 1.93 bits per heavy atom. The van der Waals surface area contributed by atoms with Gasteiger partial charge in [-0.2, -0.15) is 0 Å². The van der Waals surface area contributed by atoms with Gasteiger partial charge in [0.25, 0.3) is 0 Å². The number of hydrogen-bond acceptors (Lipinski definition) is 3. The van der Waals surface area contributed by atoms with Crippen LogP contribution in [0.2, 0.25) is 0 Å². The van der Waals surface area contributed by atoms with Gasteiger partial charge in [0.2, 0.25) is 11.8 Å². The summed E-state index contributed by atoms with van der Waals surface area (Å²) in [4.78, 5) is 23.4. The van der Waals surface area contributed by atoms with E-state index < -0.39 is 5.91 Å². The molecule has 2 aromatic rings. The van der Waals surface area contributed by atoms with E-state index in [-0.39, 0.29) is 18.5 Å². The van der Waals surface area contributed by atoms with E-state index in [9.17, 15) is 9.59 Å². The second kappa shape index (κ2) is 9.33. The van der Waals surface area contributed by atoms with Crippen LogP contribution in [0.5, 0.6) is 0 Å². The molecule has 0 bridgehead atoms. The topological polar surface area (TPSA) is 84.2 Å². The van der Waals surface area contributed by atoms with Crippen LogP contribution in [0, 0.1) is 5.92 Å². The minimum atomic E-state index is -0.488. The first-order chi connectivity index (χ1) is 12.8. The minimum absolute atomic E-state index is 0.0919. The second-order valence-corrected chi connectivity index (χ2v) is 7.41. The van der Waals surface area contributed by atoms with Crippen LogP contribution in [-0.4, -0.2) is 18.4 Å². The van der Waals surface area contributed by atoms with E-state index in [0.29, 0.717) is 23.1 Å². The molecule has 2 rings (SSSR count). The summed E-state index contributed by atoms with van der Waals surface area (Å²) in [5.41, 5.74) is 8.74. The standard InChI is InChI=1S/C22H29N3O2/c1-14(2)16-5-7-17(8-6-16)21(15(3)4)24-13-20(26)25-19-11-9-18(10-12-19)22(23)27/h5-12,14-15,21,24H,13H2,1-4H3,(H2,23,27)(H,25,26)/t21-/m1/s1. The molecule has 2 aromatic carbocycles. The fourth-order valence-corrected chi connectivity index (χ4v) is 2.95. The first-order valence-electron chi connectivity index (χ1n) is 9.31. The monoisotopic (exact) mass is 367 g/mol. The quantitative estimate of drug-likeness (QED) is 0.663. The number of rotatable bonds is 8. The maximum atomic E-state index is 12.3. The number of anilines is 1. The summed E-state index contributed by atoms with van der Waals surface area (Å²) >= 11 is 0. The molecule has 0 spiro atoms. The molecule has 0 heterocycles. The molecule has 0 aliphatic carbocycles. The van der Waals surface area contributed by atoms with Gasteiger partial charge in [-0.1, -0.05) is 52.0 Å². The van der Waals surface area contributed by atoms with Crippen molar-refractivity contribution in [3.05, 3.63) is 65.2 Å². The molecule has 5 nitrogen and oxygen atoms in total. The smallest absolute Gasteiger partial charge is 0.248 e. The fourth-order valence-electron chi connectivity index (χ4n) is 2.95. The Morgan fingerprint density at radius 1 is 0.889 bits per heavy atom. The van der Waals surface area contributed by atoms with Crippen LogP contribution in [0.3, 0.4) is 0 Å². The minimum Gasteiger partial charge on any atom is -0.366 e. The lowest BCUT2D eigenvalue weighted by Crippen LogP contribution is -2.33. The lowest BCUT2D eigenvalue weighted by atomic mass is 9.93. The zero-order chi connectivity index (χ0) is 20.0. The third-order valence-electron chi connectivity index (χ3n) is 4.56. The van der Waals surface area contributed by atoms with Crippen molar-refractivity contribution < 1.29 is 9.59 Å². The molecule has 0 aliphatic rings. The predicted octanol–water partition coefficient (Wildman–Crippen LogP) is 3.83. The summed E-state index contributed by atoms with van der Waals surface area (Å²) in [6.45, 7) is 8.82. The zero-order valence-corrected chi connectivity index (χ0v) is 16.5. The molecular weight excluding hydrogens is 338 g/mol. The summed E-state index contributed by atoms with van der Waals surface area (Å²) in [7, 11) is 0. The van der Waals surface area contributed by atoms with Gasteiger partial charge in [-0.25, -0.2) is 0 Å². The average molecular weight is 367 g/mol. The van der Waals surface area contributed by atoms with Crippen LogP contribution in [-0.2, 0) is 4.79 Å². The van der Waals surface area contributed by atoms with Gasteiger partial charge < -0.3 is 16.4 Å². The molecule has 4 N–H and O–H groups in total. The molecule has 0 radical (unpaired) electrons. The first-order valence-corrected chi connectivity index (χ1v) is 9.31. The normalized spacial score (nSPS) is 12.2. The van der Waals surface area contributed by atoms with Crippen molar-refractivity contribution in [3.8, 4) is 0 Å². The van der Waals surface area contributed by atoms with Crippen molar-refractivity contribution >= 4 is 17.5 Å². The number of nitrogens with one attached hydrogen (secondary N) is 2. The van der Waals surface area contributed by atoms with Gasteiger partial charge in [-0.3, -0.25) is 9.59 Å². The Labute approximate surface area is 161 Å². The van der Waals surface area contributed by atoms with Gasteiger partial charge in [0.1, 0.15) is 0 Å². The Morgan fingerprint density at radius 2 is 1.44 bits per heavy atom. The summed E-state index contributed by atoms with van der Waals surface area (Å²) in [6, 6.07) is 15.2. The van der Waals surface area contributed by atoms with E-state index in [1.165, 1.54) is 11.1 Å². The Bertz CT molecular complexity index is 765. The molecule has 27 heavy (non-hydrogen) atoms. The highest BCUT2D eigenvalue weighted by molar-refractivity contribution is 5.95. The lowest BCUT2D eigenvalue weighted by molar-refractivity contribution is -0.115. The van der Waals surface area contributed by atoms with Gasteiger partial charge in [0.05, 0.1) is 6.54 Å². The van der Waals surface area contributed by atoms with Crippen LogP contribution >= 0.6 is 0 Å². The number of carbonyl (C=O) groups excluding carboxylic acids is 2. The zero-order valence-electron chi connectivity index (χ0n) is 16.5. The molecule has 0 unspecified atom stereocenters. The van der Waals surface area contributed by atoms with Crippen molar-refractivity contribution in [1.29, 1.82) is 0 Å². The summed E-state index contributed by atoms with van der Waals surface area (Å²) in [5.74, 6) is 0.220. The molecule has 0 fully saturated rings. The lowest BCUT2D eigenvalue weighted by Gasteiger charge is -2.23. The van der Waals surface area contributed by atoms with Crippen molar-refractivity contribution in [2.45, 2.75) is 39.7 Å². The number of amides is 2.